The fourth-order valence-corrected chi connectivity index (χ4v) is 4.40. The molecule has 0 saturated heterocycles. The Labute approximate surface area is 214 Å². The van der Waals surface area contributed by atoms with Crippen molar-refractivity contribution < 1.29 is 23.8 Å². The number of nitrogens with one attached hydrogen (secondary N) is 2. The first-order valence-electron chi connectivity index (χ1n) is 12.3. The Hall–Kier alpha value is -4.08. The van der Waals surface area contributed by atoms with Gasteiger partial charge in [0.15, 0.2) is 5.82 Å². The van der Waals surface area contributed by atoms with Gasteiger partial charge in [0.1, 0.15) is 22.5 Å². The smallest absolute Gasteiger partial charge is 0.408 e. The van der Waals surface area contributed by atoms with Gasteiger partial charge in [-0.25, -0.2) is 19.6 Å². The highest BCUT2D eigenvalue weighted by Gasteiger charge is 2.31. The number of ether oxygens (including phenoxy) is 3. The van der Waals surface area contributed by atoms with Crippen molar-refractivity contribution in [2.75, 3.05) is 14.2 Å². The van der Waals surface area contributed by atoms with Crippen LogP contribution in [0.3, 0.4) is 0 Å². The third-order valence-corrected chi connectivity index (χ3v) is 6.22. The SMILES string of the molecule is COC(=O)c1cc(OC)c2c(c1)nc(-c1cc3ccc([C@@H](C)NC(=O)OC(C)(C)C)nc3[nH]1)n2C1CC1. The number of methoxy groups -OCH3 is 2. The molecular formula is C27H31N5O5. The van der Waals surface area contributed by atoms with Crippen molar-refractivity contribution >= 4 is 34.1 Å². The Balaban J connectivity index is 1.53. The Bertz CT molecular complexity index is 1510. The Kier molecular flexibility index (Phi) is 6.05. The summed E-state index contributed by atoms with van der Waals surface area (Å²) >= 11 is 0. The molecule has 3 heterocycles. The number of aromatic amines is 1. The van der Waals surface area contributed by atoms with Gasteiger partial charge in [-0.15, -0.1) is 0 Å². The largest absolute Gasteiger partial charge is 0.494 e. The molecule has 10 nitrogen and oxygen atoms in total. The number of imidazole rings is 1. The fraction of sp³-hybridized carbons (Fsp3) is 0.407. The van der Waals surface area contributed by atoms with E-state index in [2.05, 4.69) is 14.9 Å². The number of amides is 1. The second-order valence-electron chi connectivity index (χ2n) is 10.3. The number of nitrogens with zero attached hydrogens (tertiary/aromatic N) is 3. The molecule has 194 valence electrons. The second kappa shape index (κ2) is 9.10. The lowest BCUT2D eigenvalue weighted by molar-refractivity contribution is 0.0506. The maximum atomic E-state index is 12.2. The molecule has 2 N–H and O–H groups in total. The minimum Gasteiger partial charge on any atom is -0.494 e. The summed E-state index contributed by atoms with van der Waals surface area (Å²) in [4.78, 5) is 37.5. The highest BCUT2D eigenvalue weighted by molar-refractivity contribution is 5.97. The van der Waals surface area contributed by atoms with E-state index >= 15 is 0 Å². The van der Waals surface area contributed by atoms with Crippen molar-refractivity contribution in [3.8, 4) is 17.3 Å². The number of carbonyl (C=O) groups excluding carboxylic acids is 2. The number of H-pyrrole nitrogens is 1. The average Bonchev–Trinajstić information content (AvgIpc) is 3.47. The minimum atomic E-state index is -0.581. The first-order chi connectivity index (χ1) is 17.6. The van der Waals surface area contributed by atoms with E-state index in [0.29, 0.717) is 34.2 Å². The van der Waals surface area contributed by atoms with E-state index in [-0.39, 0.29) is 6.04 Å². The number of esters is 1. The van der Waals surface area contributed by atoms with Crippen LogP contribution >= 0.6 is 0 Å². The topological polar surface area (TPSA) is 120 Å². The Morgan fingerprint density at radius 1 is 1.14 bits per heavy atom. The molecule has 1 aliphatic carbocycles. The molecule has 0 aliphatic heterocycles. The quantitative estimate of drug-likeness (QED) is 0.341. The number of fused-ring (bicyclic) bond motifs is 2. The third kappa shape index (κ3) is 4.83. The molecule has 1 aromatic carbocycles. The number of pyridine rings is 1. The van der Waals surface area contributed by atoms with Crippen LogP contribution in [0.5, 0.6) is 5.75 Å². The van der Waals surface area contributed by atoms with Crippen LogP contribution in [0, 0.1) is 0 Å². The summed E-state index contributed by atoms with van der Waals surface area (Å²) < 4.78 is 18.1. The summed E-state index contributed by atoms with van der Waals surface area (Å²) in [5.41, 5.74) is 3.49. The standard InChI is InChI=1S/C27H31N5O5/c1-14(28-26(34)37-27(2,3)4)18-10-7-15-11-20(30-23(15)29-18)24-31-19-12-16(25(33)36-6)13-21(35-5)22(19)32(24)17-8-9-17/h7,10-14,17H,8-9H2,1-6H3,(H,28,34)(H,29,30)/t14-/m1/s1. The molecule has 37 heavy (non-hydrogen) atoms. The van der Waals surface area contributed by atoms with E-state index in [1.807, 2.05) is 45.9 Å². The molecule has 0 spiro atoms. The molecular weight excluding hydrogens is 474 g/mol. The number of hydrogen-bond donors (Lipinski definition) is 2. The van der Waals surface area contributed by atoms with E-state index in [1.165, 1.54) is 7.11 Å². The molecule has 5 rings (SSSR count). The van der Waals surface area contributed by atoms with Gasteiger partial charge in [0, 0.05) is 11.4 Å². The number of hydrogen-bond acceptors (Lipinski definition) is 7. The fourth-order valence-electron chi connectivity index (χ4n) is 4.40. The van der Waals surface area contributed by atoms with Crippen molar-refractivity contribution in [1.29, 1.82) is 0 Å². The lowest BCUT2D eigenvalue weighted by atomic mass is 10.2. The summed E-state index contributed by atoms with van der Waals surface area (Å²) in [6, 6.07) is 9.23. The number of rotatable bonds is 6. The zero-order valence-electron chi connectivity index (χ0n) is 21.8. The molecule has 3 aromatic heterocycles. The van der Waals surface area contributed by atoms with Gasteiger partial charge < -0.3 is 29.1 Å². The van der Waals surface area contributed by atoms with Crippen LogP contribution in [0.4, 0.5) is 4.79 Å². The molecule has 10 heteroatoms. The zero-order chi connectivity index (χ0) is 26.5. The highest BCUT2D eigenvalue weighted by Crippen LogP contribution is 2.44. The number of carbonyl (C=O) groups is 2. The summed E-state index contributed by atoms with van der Waals surface area (Å²) in [6.07, 6.45) is 1.58. The molecule has 0 bridgehead atoms. The van der Waals surface area contributed by atoms with Gasteiger partial charge in [0.2, 0.25) is 0 Å². The van der Waals surface area contributed by atoms with Crippen LogP contribution < -0.4 is 10.1 Å². The lowest BCUT2D eigenvalue weighted by Crippen LogP contribution is -2.34. The van der Waals surface area contributed by atoms with Crippen LogP contribution in [-0.4, -0.2) is 51.4 Å². The van der Waals surface area contributed by atoms with Crippen molar-refractivity contribution in [3.05, 3.63) is 41.6 Å². The van der Waals surface area contributed by atoms with E-state index in [0.717, 1.165) is 35.3 Å². The van der Waals surface area contributed by atoms with Crippen LogP contribution in [0.15, 0.2) is 30.3 Å². The predicted molar refractivity (Wildman–Crippen MR) is 139 cm³/mol. The van der Waals surface area contributed by atoms with E-state index in [9.17, 15) is 9.59 Å². The number of benzene rings is 1. The van der Waals surface area contributed by atoms with E-state index in [1.54, 1.807) is 19.2 Å². The summed E-state index contributed by atoms with van der Waals surface area (Å²) in [6.45, 7) is 7.33. The maximum Gasteiger partial charge on any atom is 0.408 e. The molecule has 0 unspecified atom stereocenters. The second-order valence-corrected chi connectivity index (χ2v) is 10.3. The minimum absolute atomic E-state index is 0.297. The van der Waals surface area contributed by atoms with E-state index < -0.39 is 17.7 Å². The van der Waals surface area contributed by atoms with E-state index in [4.69, 9.17) is 24.2 Å². The first-order valence-corrected chi connectivity index (χ1v) is 12.3. The molecule has 4 aromatic rings. The van der Waals surface area contributed by atoms with Gasteiger partial charge in [-0.3, -0.25) is 0 Å². The normalized spacial score (nSPS) is 14.5. The van der Waals surface area contributed by atoms with Gasteiger partial charge in [0.25, 0.3) is 0 Å². The van der Waals surface area contributed by atoms with Gasteiger partial charge in [0.05, 0.1) is 42.7 Å². The highest BCUT2D eigenvalue weighted by atomic mass is 16.6. The molecule has 1 amide bonds. The number of aromatic nitrogens is 4. The predicted octanol–water partition coefficient (Wildman–Crippen LogP) is 5.30. The molecule has 0 radical (unpaired) electrons. The van der Waals surface area contributed by atoms with Gasteiger partial charge in [-0.05, 0) is 70.9 Å². The van der Waals surface area contributed by atoms with Crippen LogP contribution in [0.2, 0.25) is 0 Å². The van der Waals surface area contributed by atoms with Crippen molar-refractivity contribution in [1.82, 2.24) is 24.8 Å². The monoisotopic (exact) mass is 505 g/mol. The van der Waals surface area contributed by atoms with Crippen LogP contribution in [0.25, 0.3) is 33.6 Å². The van der Waals surface area contributed by atoms with Crippen molar-refractivity contribution in [2.24, 2.45) is 0 Å². The van der Waals surface area contributed by atoms with Crippen molar-refractivity contribution in [3.63, 3.8) is 0 Å². The first kappa shape index (κ1) is 24.6. The molecule has 1 aliphatic rings. The van der Waals surface area contributed by atoms with Crippen molar-refractivity contribution in [2.45, 2.75) is 58.2 Å². The summed E-state index contributed by atoms with van der Waals surface area (Å²) in [7, 11) is 2.93. The zero-order valence-corrected chi connectivity index (χ0v) is 21.8. The third-order valence-electron chi connectivity index (χ3n) is 6.22. The van der Waals surface area contributed by atoms with Gasteiger partial charge in [-0.2, -0.15) is 0 Å². The maximum absolute atomic E-state index is 12.2. The van der Waals surface area contributed by atoms with Gasteiger partial charge >= 0.3 is 12.1 Å². The van der Waals surface area contributed by atoms with Crippen LogP contribution in [-0.2, 0) is 9.47 Å². The lowest BCUT2D eigenvalue weighted by Gasteiger charge is -2.21. The number of alkyl carbamates (subject to hydrolysis) is 1. The van der Waals surface area contributed by atoms with Gasteiger partial charge in [-0.1, -0.05) is 0 Å². The molecule has 1 fully saturated rings. The Morgan fingerprint density at radius 3 is 2.54 bits per heavy atom. The summed E-state index contributed by atoms with van der Waals surface area (Å²) in [5.74, 6) is 0.874. The Morgan fingerprint density at radius 2 is 1.89 bits per heavy atom. The molecule has 1 atom stereocenters. The summed E-state index contributed by atoms with van der Waals surface area (Å²) in [5, 5.41) is 3.75. The molecule has 1 saturated carbocycles. The van der Waals surface area contributed by atoms with Crippen LogP contribution in [0.1, 0.15) is 68.7 Å². The average molecular weight is 506 g/mol.